The number of nitrogens with one attached hydrogen (secondary N) is 1. The van der Waals surface area contributed by atoms with Crippen molar-refractivity contribution in [2.45, 2.75) is 19.4 Å². The maximum absolute atomic E-state index is 11.2. The zero-order chi connectivity index (χ0) is 13.8. The summed E-state index contributed by atoms with van der Waals surface area (Å²) < 4.78 is 4.67. The quantitative estimate of drug-likeness (QED) is 0.654. The van der Waals surface area contributed by atoms with Gasteiger partial charge in [-0.3, -0.25) is 4.79 Å². The van der Waals surface area contributed by atoms with Crippen LogP contribution >= 0.6 is 0 Å². The van der Waals surface area contributed by atoms with Crippen molar-refractivity contribution < 1.29 is 9.53 Å². The Morgan fingerprint density at radius 2 is 1.95 bits per heavy atom. The van der Waals surface area contributed by atoms with Crippen LogP contribution in [-0.2, 0) is 9.53 Å². The van der Waals surface area contributed by atoms with E-state index >= 15 is 0 Å². The van der Waals surface area contributed by atoms with E-state index in [1.54, 1.807) is 0 Å². The van der Waals surface area contributed by atoms with E-state index in [2.05, 4.69) is 10.1 Å². The van der Waals surface area contributed by atoms with Gasteiger partial charge in [-0.25, -0.2) is 0 Å². The number of hydrogen-bond donors (Lipinski definition) is 2. The van der Waals surface area contributed by atoms with Gasteiger partial charge in [0.25, 0.3) is 0 Å². The van der Waals surface area contributed by atoms with Crippen LogP contribution in [0.15, 0.2) is 36.4 Å². The van der Waals surface area contributed by atoms with Crippen molar-refractivity contribution in [2.24, 2.45) is 0 Å². The number of hydrogen-bond acceptors (Lipinski definition) is 4. The van der Waals surface area contributed by atoms with Crippen LogP contribution in [0.5, 0.6) is 0 Å². The number of nitrogen functional groups attached to an aromatic ring is 1. The fraction of sp³-hybridized carbons (Fsp3) is 0.267. The summed E-state index contributed by atoms with van der Waals surface area (Å²) in [6, 6.07) is 11.7. The molecule has 0 amide bonds. The maximum atomic E-state index is 11.2. The number of ether oxygens (including phenoxy) is 1. The second kappa shape index (κ2) is 5.61. The number of fused-ring (bicyclic) bond motifs is 1. The molecule has 1 atom stereocenters. The molecule has 19 heavy (non-hydrogen) atoms. The first-order valence-electron chi connectivity index (χ1n) is 6.22. The molecule has 2 rings (SSSR count). The summed E-state index contributed by atoms with van der Waals surface area (Å²) in [6.07, 6.45) is 0.329. The van der Waals surface area contributed by atoms with Crippen LogP contribution in [-0.4, -0.2) is 19.1 Å². The summed E-state index contributed by atoms with van der Waals surface area (Å²) in [4.78, 5) is 11.2. The number of anilines is 2. The number of nitrogens with two attached hydrogens (primary N) is 1. The SMILES string of the molecule is COC(=O)CC(C)Nc1ccc(N)c2ccccc12. The lowest BCUT2D eigenvalue weighted by molar-refractivity contribution is -0.140. The lowest BCUT2D eigenvalue weighted by Crippen LogP contribution is -2.20. The molecule has 0 aliphatic heterocycles. The van der Waals surface area contributed by atoms with Crippen molar-refractivity contribution >= 4 is 28.1 Å². The summed E-state index contributed by atoms with van der Waals surface area (Å²) in [5, 5.41) is 5.39. The van der Waals surface area contributed by atoms with Gasteiger partial charge in [-0.05, 0) is 19.1 Å². The van der Waals surface area contributed by atoms with E-state index in [-0.39, 0.29) is 12.0 Å². The zero-order valence-electron chi connectivity index (χ0n) is 11.1. The molecule has 0 radical (unpaired) electrons. The minimum absolute atomic E-state index is 0.000481. The van der Waals surface area contributed by atoms with Crippen molar-refractivity contribution in [3.05, 3.63) is 36.4 Å². The Balaban J connectivity index is 2.26. The predicted octanol–water partition coefficient (Wildman–Crippen LogP) is 2.79. The van der Waals surface area contributed by atoms with Crippen LogP contribution in [0.4, 0.5) is 11.4 Å². The van der Waals surface area contributed by atoms with Crippen LogP contribution < -0.4 is 11.1 Å². The second-order valence-corrected chi connectivity index (χ2v) is 4.57. The summed E-state index contributed by atoms with van der Waals surface area (Å²) in [7, 11) is 1.40. The van der Waals surface area contributed by atoms with Crippen LogP contribution in [0.25, 0.3) is 10.8 Å². The van der Waals surface area contributed by atoms with E-state index in [9.17, 15) is 4.79 Å². The molecular weight excluding hydrogens is 240 g/mol. The van der Waals surface area contributed by atoms with E-state index in [0.29, 0.717) is 6.42 Å². The van der Waals surface area contributed by atoms with E-state index < -0.39 is 0 Å². The molecule has 4 nitrogen and oxygen atoms in total. The fourth-order valence-electron chi connectivity index (χ4n) is 2.10. The average molecular weight is 258 g/mol. The standard InChI is InChI=1S/C15H18N2O2/c1-10(9-15(18)19-2)17-14-8-7-13(16)11-5-3-4-6-12(11)14/h3-8,10,17H,9,16H2,1-2H3. The van der Waals surface area contributed by atoms with Gasteiger partial charge in [0, 0.05) is 28.2 Å². The smallest absolute Gasteiger partial charge is 0.307 e. The van der Waals surface area contributed by atoms with Crippen molar-refractivity contribution in [1.82, 2.24) is 0 Å². The Kier molecular flexibility index (Phi) is 3.90. The van der Waals surface area contributed by atoms with Crippen LogP contribution in [0.3, 0.4) is 0 Å². The molecule has 1 unspecified atom stereocenters. The largest absolute Gasteiger partial charge is 0.469 e. The highest BCUT2D eigenvalue weighted by atomic mass is 16.5. The van der Waals surface area contributed by atoms with Gasteiger partial charge in [0.05, 0.1) is 13.5 Å². The van der Waals surface area contributed by atoms with Gasteiger partial charge in [-0.1, -0.05) is 24.3 Å². The molecular formula is C15H18N2O2. The number of esters is 1. The van der Waals surface area contributed by atoms with E-state index in [0.717, 1.165) is 22.1 Å². The van der Waals surface area contributed by atoms with Crippen molar-refractivity contribution in [3.8, 4) is 0 Å². The summed E-state index contributed by atoms with van der Waals surface area (Å²) in [5.41, 5.74) is 7.68. The maximum Gasteiger partial charge on any atom is 0.307 e. The molecule has 0 aromatic heterocycles. The molecule has 0 fully saturated rings. The summed E-state index contributed by atoms with van der Waals surface area (Å²) in [6.45, 7) is 1.95. The Labute approximate surface area is 112 Å². The van der Waals surface area contributed by atoms with Gasteiger partial charge >= 0.3 is 5.97 Å². The summed E-state index contributed by atoms with van der Waals surface area (Å²) in [5.74, 6) is -0.222. The zero-order valence-corrected chi connectivity index (χ0v) is 11.1. The fourth-order valence-corrected chi connectivity index (χ4v) is 2.10. The molecule has 0 spiro atoms. The number of benzene rings is 2. The van der Waals surface area contributed by atoms with Crippen molar-refractivity contribution in [2.75, 3.05) is 18.2 Å². The first-order chi connectivity index (χ1) is 9.11. The van der Waals surface area contributed by atoms with Gasteiger partial charge < -0.3 is 15.8 Å². The molecule has 0 aliphatic rings. The Hall–Kier alpha value is -2.23. The highest BCUT2D eigenvalue weighted by Gasteiger charge is 2.11. The van der Waals surface area contributed by atoms with Gasteiger partial charge in [-0.15, -0.1) is 0 Å². The average Bonchev–Trinajstić information content (AvgIpc) is 2.42. The Morgan fingerprint density at radius 3 is 2.63 bits per heavy atom. The molecule has 2 aromatic carbocycles. The number of carbonyl (C=O) groups is 1. The first kappa shape index (κ1) is 13.2. The molecule has 4 heteroatoms. The van der Waals surface area contributed by atoms with Gasteiger partial charge in [0.1, 0.15) is 0 Å². The first-order valence-corrected chi connectivity index (χ1v) is 6.22. The van der Waals surface area contributed by atoms with Crippen LogP contribution in [0.2, 0.25) is 0 Å². The number of rotatable bonds is 4. The second-order valence-electron chi connectivity index (χ2n) is 4.57. The molecule has 2 aromatic rings. The molecule has 3 N–H and O–H groups in total. The summed E-state index contributed by atoms with van der Waals surface area (Å²) >= 11 is 0. The van der Waals surface area contributed by atoms with Crippen LogP contribution in [0, 0.1) is 0 Å². The minimum Gasteiger partial charge on any atom is -0.469 e. The van der Waals surface area contributed by atoms with Gasteiger partial charge in [0.2, 0.25) is 0 Å². The lowest BCUT2D eigenvalue weighted by Gasteiger charge is -2.16. The van der Waals surface area contributed by atoms with E-state index in [4.69, 9.17) is 5.73 Å². The normalized spacial score (nSPS) is 12.1. The third-order valence-electron chi connectivity index (χ3n) is 3.06. The Bertz CT molecular complexity index is 596. The molecule has 100 valence electrons. The minimum atomic E-state index is -0.222. The Morgan fingerprint density at radius 1 is 1.26 bits per heavy atom. The number of carbonyl (C=O) groups excluding carboxylic acids is 1. The highest BCUT2D eigenvalue weighted by Crippen LogP contribution is 2.28. The van der Waals surface area contributed by atoms with E-state index in [1.807, 2.05) is 43.3 Å². The van der Waals surface area contributed by atoms with Gasteiger partial charge in [0.15, 0.2) is 0 Å². The third-order valence-corrected chi connectivity index (χ3v) is 3.06. The molecule has 0 bridgehead atoms. The van der Waals surface area contributed by atoms with Crippen molar-refractivity contribution in [1.29, 1.82) is 0 Å². The monoisotopic (exact) mass is 258 g/mol. The molecule has 0 saturated heterocycles. The van der Waals surface area contributed by atoms with Crippen molar-refractivity contribution in [3.63, 3.8) is 0 Å². The topological polar surface area (TPSA) is 64.3 Å². The molecule has 0 saturated carbocycles. The van der Waals surface area contributed by atoms with Crippen LogP contribution in [0.1, 0.15) is 13.3 Å². The predicted molar refractivity (Wildman–Crippen MR) is 78.1 cm³/mol. The number of methoxy groups -OCH3 is 1. The van der Waals surface area contributed by atoms with Gasteiger partial charge in [-0.2, -0.15) is 0 Å². The third kappa shape index (κ3) is 2.96. The van der Waals surface area contributed by atoms with E-state index in [1.165, 1.54) is 7.11 Å². The molecule has 0 aliphatic carbocycles. The lowest BCUT2D eigenvalue weighted by atomic mass is 10.1. The molecule has 0 heterocycles. The highest BCUT2D eigenvalue weighted by molar-refractivity contribution is 6.01.